The van der Waals surface area contributed by atoms with Crippen molar-refractivity contribution >= 4 is 23.4 Å². The quantitative estimate of drug-likeness (QED) is 0.728. The van der Waals surface area contributed by atoms with Gasteiger partial charge in [-0.25, -0.2) is 14.6 Å². The van der Waals surface area contributed by atoms with Crippen molar-refractivity contribution in [2.75, 3.05) is 20.3 Å². The number of methoxy groups -OCH3 is 1. The van der Waals surface area contributed by atoms with Crippen LogP contribution in [-0.2, 0) is 4.74 Å². The fraction of sp³-hybridized carbons (Fsp3) is 0.273. The van der Waals surface area contributed by atoms with Crippen LogP contribution in [0.1, 0.15) is 57.2 Å². The number of hydrogen-bond donors (Lipinski definition) is 2. The second-order valence-electron chi connectivity index (χ2n) is 6.67. The molecule has 0 aliphatic carbocycles. The van der Waals surface area contributed by atoms with Crippen molar-refractivity contribution in [2.45, 2.75) is 20.3 Å². The summed E-state index contributed by atoms with van der Waals surface area (Å²) >= 11 is 0. The average Bonchev–Trinajstić information content (AvgIpc) is 2.92. The zero-order valence-electron chi connectivity index (χ0n) is 16.9. The highest BCUT2D eigenvalue weighted by Crippen LogP contribution is 2.37. The lowest BCUT2D eigenvalue weighted by atomic mass is 9.92. The zero-order valence-corrected chi connectivity index (χ0v) is 16.9. The highest BCUT2D eigenvalue weighted by molar-refractivity contribution is 6.06. The van der Waals surface area contributed by atoms with Crippen LogP contribution in [0.25, 0.3) is 16.7 Å². The van der Waals surface area contributed by atoms with E-state index in [0.717, 1.165) is 17.6 Å². The SMILES string of the molecule is CCNC(=O)c1cc2c(cc1-c1ccc(C(=O)O)nc1C(=O)OC)OCCC=C2C. The number of carbonyl (C=O) groups is 3. The molecule has 0 saturated carbocycles. The van der Waals surface area contributed by atoms with Crippen LogP contribution in [0.5, 0.6) is 5.75 Å². The summed E-state index contributed by atoms with van der Waals surface area (Å²) in [4.78, 5) is 40.5. The van der Waals surface area contributed by atoms with Gasteiger partial charge in [-0.15, -0.1) is 0 Å². The summed E-state index contributed by atoms with van der Waals surface area (Å²) in [5.74, 6) is -1.84. The molecule has 8 heteroatoms. The second kappa shape index (κ2) is 8.77. The van der Waals surface area contributed by atoms with Crippen molar-refractivity contribution in [3.05, 3.63) is 52.9 Å². The Balaban J connectivity index is 2.31. The maximum Gasteiger partial charge on any atom is 0.357 e. The molecule has 1 aromatic heterocycles. The summed E-state index contributed by atoms with van der Waals surface area (Å²) in [7, 11) is 1.18. The van der Waals surface area contributed by atoms with Gasteiger partial charge in [-0.05, 0) is 43.7 Å². The van der Waals surface area contributed by atoms with E-state index in [2.05, 4.69) is 10.3 Å². The fourth-order valence-corrected chi connectivity index (χ4v) is 3.28. The maximum atomic E-state index is 12.8. The summed E-state index contributed by atoms with van der Waals surface area (Å²) in [5, 5.41) is 12.0. The topological polar surface area (TPSA) is 115 Å². The van der Waals surface area contributed by atoms with Crippen LogP contribution in [0.2, 0.25) is 0 Å². The molecule has 0 unspecified atom stereocenters. The number of aromatic nitrogens is 1. The number of carboxylic acid groups (broad SMARTS) is 1. The van der Waals surface area contributed by atoms with Crippen molar-refractivity contribution < 1.29 is 29.0 Å². The van der Waals surface area contributed by atoms with Gasteiger partial charge in [0, 0.05) is 35.2 Å². The number of fused-ring (bicyclic) bond motifs is 1. The number of pyridine rings is 1. The van der Waals surface area contributed by atoms with Crippen molar-refractivity contribution in [3.63, 3.8) is 0 Å². The molecule has 2 aromatic rings. The molecule has 2 N–H and O–H groups in total. The van der Waals surface area contributed by atoms with E-state index in [1.165, 1.54) is 19.2 Å². The summed E-state index contributed by atoms with van der Waals surface area (Å²) in [6.07, 6.45) is 2.77. The predicted molar refractivity (Wildman–Crippen MR) is 110 cm³/mol. The summed E-state index contributed by atoms with van der Waals surface area (Å²) in [5.41, 5.74) is 2.28. The normalized spacial score (nSPS) is 12.7. The van der Waals surface area contributed by atoms with Crippen LogP contribution < -0.4 is 10.1 Å². The molecular formula is C22H22N2O6. The van der Waals surface area contributed by atoms with E-state index in [-0.39, 0.29) is 22.9 Å². The molecule has 0 saturated heterocycles. The number of benzene rings is 1. The number of nitrogens with zero attached hydrogens (tertiary/aromatic N) is 1. The Labute approximate surface area is 173 Å². The van der Waals surface area contributed by atoms with Crippen molar-refractivity contribution in [1.29, 1.82) is 0 Å². The van der Waals surface area contributed by atoms with Gasteiger partial charge < -0.3 is 19.9 Å². The van der Waals surface area contributed by atoms with E-state index < -0.39 is 11.9 Å². The molecule has 156 valence electrons. The first-order valence-electron chi connectivity index (χ1n) is 9.46. The van der Waals surface area contributed by atoms with E-state index in [4.69, 9.17) is 9.47 Å². The third-order valence-corrected chi connectivity index (χ3v) is 4.74. The molecule has 1 aromatic carbocycles. The molecule has 1 amide bonds. The summed E-state index contributed by atoms with van der Waals surface area (Å²) < 4.78 is 10.6. The minimum Gasteiger partial charge on any atom is -0.493 e. The minimum atomic E-state index is -1.28. The number of hydrogen-bond acceptors (Lipinski definition) is 6. The van der Waals surface area contributed by atoms with Crippen LogP contribution >= 0.6 is 0 Å². The minimum absolute atomic E-state index is 0.191. The molecule has 0 atom stereocenters. The van der Waals surface area contributed by atoms with Crippen LogP contribution in [0, 0.1) is 0 Å². The van der Waals surface area contributed by atoms with E-state index in [1.54, 1.807) is 19.1 Å². The Morgan fingerprint density at radius 3 is 2.63 bits per heavy atom. The van der Waals surface area contributed by atoms with E-state index in [9.17, 15) is 19.5 Å². The molecule has 0 bridgehead atoms. The Bertz CT molecular complexity index is 1060. The number of allylic oxidation sites excluding steroid dienone is 1. The van der Waals surface area contributed by atoms with Crippen LogP contribution in [-0.4, -0.2) is 48.2 Å². The number of carboxylic acids is 1. The lowest BCUT2D eigenvalue weighted by Gasteiger charge is -2.17. The number of carbonyl (C=O) groups excluding carboxylic acids is 2. The van der Waals surface area contributed by atoms with Gasteiger partial charge in [0.25, 0.3) is 5.91 Å². The van der Waals surface area contributed by atoms with Crippen molar-refractivity contribution in [2.24, 2.45) is 0 Å². The first-order chi connectivity index (χ1) is 14.4. The van der Waals surface area contributed by atoms with Gasteiger partial charge in [0.15, 0.2) is 5.69 Å². The Hall–Kier alpha value is -3.68. The molecule has 1 aliphatic heterocycles. The third kappa shape index (κ3) is 4.03. The van der Waals surface area contributed by atoms with Gasteiger partial charge in [0.1, 0.15) is 11.4 Å². The first kappa shape index (κ1) is 21.0. The molecule has 0 fully saturated rings. The average molecular weight is 410 g/mol. The van der Waals surface area contributed by atoms with Crippen molar-refractivity contribution in [3.8, 4) is 16.9 Å². The lowest BCUT2D eigenvalue weighted by molar-refractivity contribution is 0.0594. The number of nitrogens with one attached hydrogen (secondary N) is 1. The molecule has 8 nitrogen and oxygen atoms in total. The van der Waals surface area contributed by atoms with E-state index in [0.29, 0.717) is 30.0 Å². The number of rotatable bonds is 5. The number of aromatic carboxylic acids is 1. The first-order valence-corrected chi connectivity index (χ1v) is 9.46. The van der Waals surface area contributed by atoms with E-state index >= 15 is 0 Å². The summed E-state index contributed by atoms with van der Waals surface area (Å²) in [6, 6.07) is 6.14. The van der Waals surface area contributed by atoms with Gasteiger partial charge in [-0.1, -0.05) is 6.08 Å². The largest absolute Gasteiger partial charge is 0.493 e. The Morgan fingerprint density at radius 2 is 1.97 bits per heavy atom. The van der Waals surface area contributed by atoms with Gasteiger partial charge in [0.05, 0.1) is 13.7 Å². The third-order valence-electron chi connectivity index (χ3n) is 4.74. The number of ether oxygens (including phenoxy) is 2. The summed E-state index contributed by atoms with van der Waals surface area (Å²) in [6.45, 7) is 4.64. The second-order valence-corrected chi connectivity index (χ2v) is 6.67. The fourth-order valence-electron chi connectivity index (χ4n) is 3.28. The van der Waals surface area contributed by atoms with Gasteiger partial charge in [0.2, 0.25) is 0 Å². The highest BCUT2D eigenvalue weighted by atomic mass is 16.5. The lowest BCUT2D eigenvalue weighted by Crippen LogP contribution is -2.24. The molecular weight excluding hydrogens is 388 g/mol. The molecule has 30 heavy (non-hydrogen) atoms. The predicted octanol–water partition coefficient (Wildman–Crippen LogP) is 3.17. The maximum absolute atomic E-state index is 12.8. The van der Waals surface area contributed by atoms with Crippen LogP contribution in [0.15, 0.2) is 30.3 Å². The molecule has 0 spiro atoms. The smallest absolute Gasteiger partial charge is 0.357 e. The monoisotopic (exact) mass is 410 g/mol. The highest BCUT2D eigenvalue weighted by Gasteiger charge is 2.25. The molecule has 0 radical (unpaired) electrons. The van der Waals surface area contributed by atoms with Gasteiger partial charge in [-0.3, -0.25) is 4.79 Å². The zero-order chi connectivity index (χ0) is 21.8. The van der Waals surface area contributed by atoms with Crippen molar-refractivity contribution in [1.82, 2.24) is 10.3 Å². The number of amides is 1. The Morgan fingerprint density at radius 1 is 1.20 bits per heavy atom. The van der Waals surface area contributed by atoms with Gasteiger partial charge >= 0.3 is 11.9 Å². The molecule has 1 aliphatic rings. The van der Waals surface area contributed by atoms with E-state index in [1.807, 2.05) is 13.0 Å². The molecule has 2 heterocycles. The Kier molecular flexibility index (Phi) is 6.15. The van der Waals surface area contributed by atoms with Crippen LogP contribution in [0.3, 0.4) is 0 Å². The van der Waals surface area contributed by atoms with Gasteiger partial charge in [-0.2, -0.15) is 0 Å². The molecule has 3 rings (SSSR count). The standard InChI is InChI=1S/C22H22N2O6/c1-4-23-20(25)16-10-14-12(2)6-5-9-30-18(14)11-15(16)13-7-8-17(21(26)27)24-19(13)22(28)29-3/h6-8,10-11H,4-5,9H2,1-3H3,(H,23,25)(H,26,27). The van der Waals surface area contributed by atoms with Crippen LogP contribution in [0.4, 0.5) is 0 Å². The number of esters is 1.